The van der Waals surface area contributed by atoms with E-state index in [1.54, 1.807) is 0 Å². The summed E-state index contributed by atoms with van der Waals surface area (Å²) >= 11 is 0. The van der Waals surface area contributed by atoms with E-state index in [2.05, 4.69) is 24.1 Å². The molecule has 14 heavy (non-hydrogen) atoms. The van der Waals surface area contributed by atoms with E-state index in [9.17, 15) is 4.79 Å². The van der Waals surface area contributed by atoms with Gasteiger partial charge in [0.1, 0.15) is 0 Å². The number of hydrogen-bond acceptors (Lipinski definition) is 2. The van der Waals surface area contributed by atoms with Gasteiger partial charge in [-0.05, 0) is 20.3 Å². The van der Waals surface area contributed by atoms with Gasteiger partial charge in [-0.25, -0.2) is 0 Å². The maximum Gasteiger partial charge on any atom is 0.221 e. The van der Waals surface area contributed by atoms with Crippen molar-refractivity contribution in [2.24, 2.45) is 0 Å². The van der Waals surface area contributed by atoms with Crippen LogP contribution in [-0.4, -0.2) is 25.0 Å². The molecule has 0 rings (SSSR count). The van der Waals surface area contributed by atoms with Crippen molar-refractivity contribution < 1.29 is 4.79 Å². The highest BCUT2D eigenvalue weighted by molar-refractivity contribution is 5.76. The minimum Gasteiger partial charge on any atom is -0.354 e. The van der Waals surface area contributed by atoms with Crippen LogP contribution in [-0.2, 0) is 4.79 Å². The normalized spacial score (nSPS) is 12.2. The molecule has 0 bridgehead atoms. The summed E-state index contributed by atoms with van der Waals surface area (Å²) in [5.74, 6) is 0.119. The molecule has 0 aromatic carbocycles. The molecule has 0 aliphatic carbocycles. The van der Waals surface area contributed by atoms with Crippen LogP contribution in [0.25, 0.3) is 0 Å². The van der Waals surface area contributed by atoms with E-state index in [-0.39, 0.29) is 11.9 Å². The Morgan fingerprint density at radius 3 is 2.64 bits per heavy atom. The number of carbonyl (C=O) groups is 1. The summed E-state index contributed by atoms with van der Waals surface area (Å²) in [4.78, 5) is 11.3. The van der Waals surface area contributed by atoms with Crippen LogP contribution in [0.5, 0.6) is 0 Å². The molecule has 2 N–H and O–H groups in total. The number of hydrogen-bond donors (Lipinski definition) is 2. The average molecular weight is 198 g/mol. The first-order chi connectivity index (χ1) is 6.56. The first-order valence-electron chi connectivity index (χ1n) is 5.20. The summed E-state index contributed by atoms with van der Waals surface area (Å²) in [5.41, 5.74) is 1.09. The molecule has 0 fully saturated rings. The van der Waals surface area contributed by atoms with Crippen molar-refractivity contribution in [2.75, 3.05) is 13.1 Å². The van der Waals surface area contributed by atoms with Crippen LogP contribution in [0.4, 0.5) is 0 Å². The lowest BCUT2D eigenvalue weighted by Gasteiger charge is -2.11. The molecule has 1 amide bonds. The smallest absolute Gasteiger partial charge is 0.221 e. The monoisotopic (exact) mass is 198 g/mol. The van der Waals surface area contributed by atoms with Gasteiger partial charge in [0.2, 0.25) is 5.91 Å². The fourth-order valence-corrected chi connectivity index (χ4v) is 0.953. The van der Waals surface area contributed by atoms with Gasteiger partial charge in [-0.15, -0.1) is 0 Å². The van der Waals surface area contributed by atoms with Crippen molar-refractivity contribution in [2.45, 2.75) is 39.7 Å². The van der Waals surface area contributed by atoms with Crippen molar-refractivity contribution >= 4 is 5.91 Å². The highest BCUT2D eigenvalue weighted by Crippen LogP contribution is 1.89. The van der Waals surface area contributed by atoms with E-state index in [1.807, 2.05) is 13.8 Å². The van der Waals surface area contributed by atoms with E-state index < -0.39 is 0 Å². The molecule has 0 aliphatic rings. The van der Waals surface area contributed by atoms with Gasteiger partial charge >= 0.3 is 0 Å². The van der Waals surface area contributed by atoms with Crippen LogP contribution in [0.1, 0.15) is 33.6 Å². The zero-order valence-electron chi connectivity index (χ0n) is 9.52. The Bertz CT molecular complexity index is 190. The fourth-order valence-electron chi connectivity index (χ4n) is 0.953. The zero-order chi connectivity index (χ0) is 11.0. The van der Waals surface area contributed by atoms with Crippen LogP contribution in [0.3, 0.4) is 0 Å². The molecule has 0 aromatic heterocycles. The molecular formula is C11H22N2O. The van der Waals surface area contributed by atoms with E-state index in [0.29, 0.717) is 6.42 Å². The summed E-state index contributed by atoms with van der Waals surface area (Å²) in [7, 11) is 0. The molecule has 0 heterocycles. The Balaban J connectivity index is 3.40. The van der Waals surface area contributed by atoms with Gasteiger partial charge < -0.3 is 10.6 Å². The van der Waals surface area contributed by atoms with Gasteiger partial charge in [0.15, 0.2) is 0 Å². The summed E-state index contributed by atoms with van der Waals surface area (Å²) in [6, 6.07) is 0.281. The Kier molecular flexibility index (Phi) is 7.11. The van der Waals surface area contributed by atoms with Crippen molar-refractivity contribution in [1.29, 1.82) is 0 Å². The van der Waals surface area contributed by atoms with Crippen LogP contribution < -0.4 is 10.6 Å². The van der Waals surface area contributed by atoms with Gasteiger partial charge in [-0.2, -0.15) is 0 Å². The second-order valence-corrected chi connectivity index (χ2v) is 3.76. The molecule has 82 valence electrons. The SMILES string of the molecule is C=C(C)CNCCC(=O)NC(C)CC. The minimum atomic E-state index is 0.119. The van der Waals surface area contributed by atoms with E-state index in [1.165, 1.54) is 0 Å². The molecule has 1 atom stereocenters. The molecule has 0 spiro atoms. The highest BCUT2D eigenvalue weighted by atomic mass is 16.1. The van der Waals surface area contributed by atoms with E-state index >= 15 is 0 Å². The summed E-state index contributed by atoms with van der Waals surface area (Å²) in [5, 5.41) is 6.06. The molecular weight excluding hydrogens is 176 g/mol. The summed E-state index contributed by atoms with van der Waals surface area (Å²) in [6.45, 7) is 11.3. The summed E-state index contributed by atoms with van der Waals surface area (Å²) in [6.07, 6.45) is 1.52. The van der Waals surface area contributed by atoms with Crippen molar-refractivity contribution in [3.05, 3.63) is 12.2 Å². The van der Waals surface area contributed by atoms with Crippen LogP contribution in [0, 0.1) is 0 Å². The molecule has 3 heteroatoms. The van der Waals surface area contributed by atoms with Gasteiger partial charge in [-0.3, -0.25) is 4.79 Å². The molecule has 0 aliphatic heterocycles. The lowest BCUT2D eigenvalue weighted by atomic mass is 10.2. The average Bonchev–Trinajstić information content (AvgIpc) is 2.12. The first-order valence-corrected chi connectivity index (χ1v) is 5.20. The quantitative estimate of drug-likeness (QED) is 0.480. The van der Waals surface area contributed by atoms with Crippen LogP contribution in [0.2, 0.25) is 0 Å². The number of nitrogens with one attached hydrogen (secondary N) is 2. The van der Waals surface area contributed by atoms with Gasteiger partial charge in [0, 0.05) is 25.6 Å². The third kappa shape index (κ3) is 7.80. The molecule has 0 aromatic rings. The molecule has 0 saturated carbocycles. The molecule has 3 nitrogen and oxygen atoms in total. The largest absolute Gasteiger partial charge is 0.354 e. The third-order valence-corrected chi connectivity index (χ3v) is 1.98. The Labute approximate surface area is 87.0 Å². The minimum absolute atomic E-state index is 0.119. The van der Waals surface area contributed by atoms with Gasteiger partial charge in [0.25, 0.3) is 0 Å². The van der Waals surface area contributed by atoms with Crippen LogP contribution in [0.15, 0.2) is 12.2 Å². The van der Waals surface area contributed by atoms with Crippen molar-refractivity contribution in [3.8, 4) is 0 Å². The predicted octanol–water partition coefficient (Wildman–Crippen LogP) is 1.46. The summed E-state index contributed by atoms with van der Waals surface area (Å²) < 4.78 is 0. The number of amides is 1. The molecule has 0 radical (unpaired) electrons. The second kappa shape index (κ2) is 7.56. The third-order valence-electron chi connectivity index (χ3n) is 1.98. The zero-order valence-corrected chi connectivity index (χ0v) is 9.52. The Hall–Kier alpha value is -0.830. The lowest BCUT2D eigenvalue weighted by molar-refractivity contribution is -0.121. The number of rotatable bonds is 7. The topological polar surface area (TPSA) is 41.1 Å². The Morgan fingerprint density at radius 2 is 2.14 bits per heavy atom. The fraction of sp³-hybridized carbons (Fsp3) is 0.727. The molecule has 1 unspecified atom stereocenters. The maximum atomic E-state index is 11.3. The van der Waals surface area contributed by atoms with Crippen LogP contribution >= 0.6 is 0 Å². The Morgan fingerprint density at radius 1 is 1.50 bits per heavy atom. The standard InChI is InChI=1S/C11H22N2O/c1-5-10(4)13-11(14)6-7-12-8-9(2)3/h10,12H,2,5-8H2,1,3-4H3,(H,13,14). The highest BCUT2D eigenvalue weighted by Gasteiger charge is 2.03. The van der Waals surface area contributed by atoms with Gasteiger partial charge in [-0.1, -0.05) is 19.1 Å². The van der Waals surface area contributed by atoms with Crippen molar-refractivity contribution in [3.63, 3.8) is 0 Å². The van der Waals surface area contributed by atoms with E-state index in [4.69, 9.17) is 0 Å². The maximum absolute atomic E-state index is 11.3. The van der Waals surface area contributed by atoms with Crippen molar-refractivity contribution in [1.82, 2.24) is 10.6 Å². The van der Waals surface area contributed by atoms with Gasteiger partial charge in [0.05, 0.1) is 0 Å². The first kappa shape index (κ1) is 13.2. The van der Waals surface area contributed by atoms with E-state index in [0.717, 1.165) is 25.1 Å². The lowest BCUT2D eigenvalue weighted by Crippen LogP contribution is -2.34. The molecule has 0 saturated heterocycles. The second-order valence-electron chi connectivity index (χ2n) is 3.76. The number of carbonyl (C=O) groups excluding carboxylic acids is 1. The predicted molar refractivity (Wildman–Crippen MR) is 60.2 cm³/mol.